The van der Waals surface area contributed by atoms with Crippen LogP contribution >= 0.6 is 0 Å². The molecule has 9 heteroatoms. The summed E-state index contributed by atoms with van der Waals surface area (Å²) in [6.07, 6.45) is 5.46. The number of carbonyl (C=O) groups is 2. The number of carbonyl (C=O) groups excluding carboxylic acids is 2. The number of esters is 1. The molecule has 2 aromatic carbocycles. The van der Waals surface area contributed by atoms with E-state index in [1.807, 2.05) is 0 Å². The van der Waals surface area contributed by atoms with Crippen LogP contribution < -0.4 is 10.1 Å². The first-order valence-corrected chi connectivity index (χ1v) is 12.2. The van der Waals surface area contributed by atoms with E-state index in [2.05, 4.69) is 5.32 Å². The topological polar surface area (TPSA) is 102 Å². The van der Waals surface area contributed by atoms with Gasteiger partial charge in [0.2, 0.25) is 15.9 Å². The first-order chi connectivity index (χ1) is 15.9. The maximum Gasteiger partial charge on any atom is 0.340 e. The number of benzene rings is 2. The third-order valence-corrected chi connectivity index (χ3v) is 7.15. The predicted octanol–water partition coefficient (Wildman–Crippen LogP) is 3.70. The van der Waals surface area contributed by atoms with Crippen LogP contribution in [0.2, 0.25) is 0 Å². The van der Waals surface area contributed by atoms with Crippen molar-refractivity contribution in [2.24, 2.45) is 0 Å². The zero-order chi connectivity index (χ0) is 23.8. The third-order valence-electron chi connectivity index (χ3n) is 5.23. The minimum Gasteiger partial charge on any atom is -0.495 e. The van der Waals surface area contributed by atoms with Crippen molar-refractivity contribution >= 4 is 33.7 Å². The monoisotopic (exact) mass is 472 g/mol. The molecule has 0 saturated carbocycles. The van der Waals surface area contributed by atoms with Gasteiger partial charge in [0.25, 0.3) is 0 Å². The van der Waals surface area contributed by atoms with Crippen LogP contribution in [0.1, 0.15) is 42.1 Å². The molecule has 1 N–H and O–H groups in total. The second-order valence-electron chi connectivity index (χ2n) is 7.46. The van der Waals surface area contributed by atoms with E-state index in [-0.39, 0.29) is 22.8 Å². The maximum absolute atomic E-state index is 13.2. The van der Waals surface area contributed by atoms with Crippen LogP contribution in [0.25, 0.3) is 6.08 Å². The van der Waals surface area contributed by atoms with Crippen molar-refractivity contribution in [3.63, 3.8) is 0 Å². The highest BCUT2D eigenvalue weighted by atomic mass is 32.2. The minimum absolute atomic E-state index is 0.0714. The van der Waals surface area contributed by atoms with E-state index in [1.165, 1.54) is 29.6 Å². The van der Waals surface area contributed by atoms with Gasteiger partial charge in [-0.3, -0.25) is 4.79 Å². The van der Waals surface area contributed by atoms with Gasteiger partial charge < -0.3 is 14.8 Å². The number of methoxy groups -OCH3 is 1. The molecule has 1 amide bonds. The Labute approximate surface area is 194 Å². The number of para-hydroxylation sites is 1. The summed E-state index contributed by atoms with van der Waals surface area (Å²) in [5, 5.41) is 2.66. The summed E-state index contributed by atoms with van der Waals surface area (Å²) in [6, 6.07) is 11.3. The van der Waals surface area contributed by atoms with Gasteiger partial charge >= 0.3 is 5.97 Å². The molecule has 0 radical (unpaired) electrons. The molecule has 2 aromatic rings. The van der Waals surface area contributed by atoms with Crippen LogP contribution in [0.5, 0.6) is 5.75 Å². The van der Waals surface area contributed by atoms with Gasteiger partial charge in [0.05, 0.1) is 25.0 Å². The molecule has 176 valence electrons. The van der Waals surface area contributed by atoms with Crippen molar-refractivity contribution in [2.45, 2.75) is 31.1 Å². The third kappa shape index (κ3) is 6.00. The molecule has 3 rings (SSSR count). The van der Waals surface area contributed by atoms with Crippen LogP contribution in [0, 0.1) is 0 Å². The SMILES string of the molecule is CCOC(=O)c1ccccc1NC(=O)/C=C/c1ccc(OC)c(S(=O)(=O)N2CCCCC2)c1. The lowest BCUT2D eigenvalue weighted by Gasteiger charge is -2.26. The number of ether oxygens (including phenoxy) is 2. The van der Waals surface area contributed by atoms with E-state index in [1.54, 1.807) is 43.3 Å². The largest absolute Gasteiger partial charge is 0.495 e. The summed E-state index contributed by atoms with van der Waals surface area (Å²) in [5.41, 5.74) is 1.11. The van der Waals surface area contributed by atoms with Crippen LogP contribution in [0.4, 0.5) is 5.69 Å². The standard InChI is InChI=1S/C24H28N2O6S/c1-3-32-24(28)19-9-5-6-10-20(19)25-23(27)14-12-18-11-13-21(31-2)22(17-18)33(29,30)26-15-7-4-8-16-26/h5-6,9-14,17H,3-4,7-8,15-16H2,1-2H3,(H,25,27)/b14-12+. The van der Waals surface area contributed by atoms with Crippen molar-refractivity contribution < 1.29 is 27.5 Å². The van der Waals surface area contributed by atoms with Crippen LogP contribution in [0.3, 0.4) is 0 Å². The van der Waals surface area contributed by atoms with E-state index in [4.69, 9.17) is 9.47 Å². The van der Waals surface area contributed by atoms with Crippen LogP contribution in [-0.4, -0.2) is 51.4 Å². The second kappa shape index (κ2) is 11.1. The molecule has 0 aromatic heterocycles. The van der Waals surface area contributed by atoms with Crippen LogP contribution in [0.15, 0.2) is 53.4 Å². The zero-order valence-corrected chi connectivity index (χ0v) is 19.6. The molecule has 33 heavy (non-hydrogen) atoms. The molecular formula is C24H28N2O6S. The molecule has 0 atom stereocenters. The van der Waals surface area contributed by atoms with Gasteiger partial charge in [-0.15, -0.1) is 0 Å². The maximum atomic E-state index is 13.2. The van der Waals surface area contributed by atoms with E-state index >= 15 is 0 Å². The Kier molecular flexibility index (Phi) is 8.24. The molecular weight excluding hydrogens is 444 g/mol. The molecule has 1 heterocycles. The fourth-order valence-electron chi connectivity index (χ4n) is 3.57. The Morgan fingerprint density at radius 2 is 1.82 bits per heavy atom. The van der Waals surface area contributed by atoms with Crippen LogP contribution in [-0.2, 0) is 19.6 Å². The zero-order valence-electron chi connectivity index (χ0n) is 18.7. The molecule has 1 aliphatic rings. The number of nitrogens with one attached hydrogen (secondary N) is 1. The first kappa shape index (κ1) is 24.5. The summed E-state index contributed by atoms with van der Waals surface area (Å²) in [6.45, 7) is 2.89. The summed E-state index contributed by atoms with van der Waals surface area (Å²) < 4.78 is 38.1. The van der Waals surface area contributed by atoms with Crippen molar-refractivity contribution in [1.82, 2.24) is 4.31 Å². The number of sulfonamides is 1. The normalized spacial score (nSPS) is 14.7. The van der Waals surface area contributed by atoms with E-state index in [0.717, 1.165) is 19.3 Å². The Morgan fingerprint density at radius 3 is 2.52 bits per heavy atom. The molecule has 1 fully saturated rings. The molecule has 0 unspecified atom stereocenters. The Hall–Kier alpha value is -3.17. The smallest absolute Gasteiger partial charge is 0.340 e. The van der Waals surface area contributed by atoms with Gasteiger partial charge in [0, 0.05) is 19.2 Å². The fourth-order valence-corrected chi connectivity index (χ4v) is 5.28. The summed E-state index contributed by atoms with van der Waals surface area (Å²) >= 11 is 0. The lowest BCUT2D eigenvalue weighted by atomic mass is 10.1. The van der Waals surface area contributed by atoms with Gasteiger partial charge in [-0.25, -0.2) is 13.2 Å². The highest BCUT2D eigenvalue weighted by molar-refractivity contribution is 7.89. The number of piperidine rings is 1. The van der Waals surface area contributed by atoms with E-state index < -0.39 is 21.9 Å². The van der Waals surface area contributed by atoms with Gasteiger partial charge in [0.1, 0.15) is 10.6 Å². The van der Waals surface area contributed by atoms with Gasteiger partial charge in [0.15, 0.2) is 0 Å². The Bertz CT molecular complexity index is 1140. The number of amides is 1. The fraction of sp³-hybridized carbons (Fsp3) is 0.333. The predicted molar refractivity (Wildman–Crippen MR) is 126 cm³/mol. The van der Waals surface area contributed by atoms with E-state index in [9.17, 15) is 18.0 Å². The average molecular weight is 473 g/mol. The highest BCUT2D eigenvalue weighted by Crippen LogP contribution is 2.30. The second-order valence-corrected chi connectivity index (χ2v) is 9.37. The number of hydrogen-bond donors (Lipinski definition) is 1. The van der Waals surface area contributed by atoms with Gasteiger partial charge in [-0.1, -0.05) is 24.6 Å². The lowest BCUT2D eigenvalue weighted by Crippen LogP contribution is -2.35. The summed E-state index contributed by atoms with van der Waals surface area (Å²) in [5.74, 6) is -0.742. The molecule has 0 spiro atoms. The molecule has 0 bridgehead atoms. The summed E-state index contributed by atoms with van der Waals surface area (Å²) in [7, 11) is -2.29. The number of anilines is 1. The van der Waals surface area contributed by atoms with Crippen molar-refractivity contribution in [2.75, 3.05) is 32.1 Å². The minimum atomic E-state index is -3.71. The molecule has 8 nitrogen and oxygen atoms in total. The highest BCUT2D eigenvalue weighted by Gasteiger charge is 2.29. The summed E-state index contributed by atoms with van der Waals surface area (Å²) in [4.78, 5) is 24.6. The first-order valence-electron chi connectivity index (χ1n) is 10.8. The molecule has 0 aliphatic carbocycles. The van der Waals surface area contributed by atoms with Crippen molar-refractivity contribution in [3.05, 3.63) is 59.7 Å². The Balaban J connectivity index is 1.80. The average Bonchev–Trinajstić information content (AvgIpc) is 2.83. The number of nitrogens with zero attached hydrogens (tertiary/aromatic N) is 1. The van der Waals surface area contributed by atoms with Gasteiger partial charge in [-0.2, -0.15) is 4.31 Å². The van der Waals surface area contributed by atoms with Gasteiger partial charge in [-0.05, 0) is 55.7 Å². The number of hydrogen-bond acceptors (Lipinski definition) is 6. The quantitative estimate of drug-likeness (QED) is 0.464. The molecule has 1 saturated heterocycles. The molecule has 1 aliphatic heterocycles. The Morgan fingerprint density at radius 1 is 1.09 bits per heavy atom. The number of rotatable bonds is 8. The lowest BCUT2D eigenvalue weighted by molar-refractivity contribution is -0.111. The van der Waals surface area contributed by atoms with Crippen molar-refractivity contribution in [3.8, 4) is 5.75 Å². The van der Waals surface area contributed by atoms with E-state index in [0.29, 0.717) is 24.3 Å². The van der Waals surface area contributed by atoms with Crippen molar-refractivity contribution in [1.29, 1.82) is 0 Å².